The molecule has 1 saturated carbocycles. The van der Waals surface area contributed by atoms with Crippen molar-refractivity contribution in [3.05, 3.63) is 0 Å². The summed E-state index contributed by atoms with van der Waals surface area (Å²) >= 11 is 0. The molecule has 1 N–H and O–H groups in total. The fraction of sp³-hybridized carbons (Fsp3) is 0.867. The Morgan fingerprint density at radius 2 is 1.84 bits per heavy atom. The highest BCUT2D eigenvalue weighted by Crippen LogP contribution is 2.23. The van der Waals surface area contributed by atoms with Crippen LogP contribution in [-0.2, 0) is 9.59 Å². The minimum absolute atomic E-state index is 0.0447. The van der Waals surface area contributed by atoms with Crippen molar-refractivity contribution in [1.82, 2.24) is 10.2 Å². The van der Waals surface area contributed by atoms with Crippen LogP contribution in [-0.4, -0.2) is 36.3 Å². The van der Waals surface area contributed by atoms with Crippen molar-refractivity contribution in [2.24, 2.45) is 5.92 Å². The summed E-state index contributed by atoms with van der Waals surface area (Å²) in [5.74, 6) is 0.795. The Labute approximate surface area is 115 Å². The minimum atomic E-state index is -0.251. The van der Waals surface area contributed by atoms with Crippen LogP contribution < -0.4 is 5.32 Å². The molecule has 0 radical (unpaired) electrons. The van der Waals surface area contributed by atoms with Crippen molar-refractivity contribution in [2.75, 3.05) is 13.6 Å². The summed E-state index contributed by atoms with van der Waals surface area (Å²) in [6, 6.07) is -0.251. The van der Waals surface area contributed by atoms with Crippen LogP contribution in [0.4, 0.5) is 0 Å². The smallest absolute Gasteiger partial charge is 0.242 e. The van der Waals surface area contributed by atoms with Crippen molar-refractivity contribution in [2.45, 2.75) is 63.8 Å². The number of nitrogens with one attached hydrogen (secondary N) is 1. The van der Waals surface area contributed by atoms with E-state index in [0.29, 0.717) is 12.3 Å². The molecule has 1 saturated heterocycles. The molecule has 1 aliphatic carbocycles. The van der Waals surface area contributed by atoms with E-state index in [0.717, 1.165) is 25.8 Å². The number of likely N-dealkylation sites (tertiary alicyclic amines) is 1. The average molecular weight is 266 g/mol. The second kappa shape index (κ2) is 6.92. The van der Waals surface area contributed by atoms with E-state index in [4.69, 9.17) is 0 Å². The van der Waals surface area contributed by atoms with Gasteiger partial charge in [0.1, 0.15) is 6.04 Å². The lowest BCUT2D eigenvalue weighted by atomic mass is 9.89. The molecule has 0 aromatic rings. The first-order chi connectivity index (χ1) is 9.18. The van der Waals surface area contributed by atoms with Gasteiger partial charge in [-0.25, -0.2) is 0 Å². The monoisotopic (exact) mass is 266 g/mol. The Morgan fingerprint density at radius 1 is 1.16 bits per heavy atom. The van der Waals surface area contributed by atoms with Gasteiger partial charge in [-0.15, -0.1) is 0 Å². The zero-order valence-electron chi connectivity index (χ0n) is 12.0. The van der Waals surface area contributed by atoms with Crippen molar-refractivity contribution in [3.8, 4) is 0 Å². The molecule has 108 valence electrons. The zero-order valence-corrected chi connectivity index (χ0v) is 12.0. The number of hydrogen-bond acceptors (Lipinski definition) is 2. The standard InChI is InChI=1S/C15H26N2O2/c1-17-13(9-5-6-10-14(17)18)15(19)16-11-12-7-3-2-4-8-12/h12-13H,2-11H2,1H3,(H,16,19). The van der Waals surface area contributed by atoms with Crippen LogP contribution in [0.2, 0.25) is 0 Å². The van der Waals surface area contributed by atoms with Crippen LogP contribution in [0.3, 0.4) is 0 Å². The highest BCUT2D eigenvalue weighted by atomic mass is 16.2. The third kappa shape index (κ3) is 3.95. The lowest BCUT2D eigenvalue weighted by Crippen LogP contribution is -2.47. The van der Waals surface area contributed by atoms with Gasteiger partial charge in [-0.05, 0) is 31.6 Å². The number of hydrogen-bond donors (Lipinski definition) is 1. The van der Waals surface area contributed by atoms with E-state index in [9.17, 15) is 9.59 Å². The fourth-order valence-corrected chi connectivity index (χ4v) is 3.22. The van der Waals surface area contributed by atoms with Crippen LogP contribution in [0.15, 0.2) is 0 Å². The summed E-state index contributed by atoms with van der Waals surface area (Å²) in [6.45, 7) is 0.789. The second-order valence-electron chi connectivity index (χ2n) is 6.02. The number of rotatable bonds is 3. The molecule has 1 aliphatic heterocycles. The molecule has 2 aliphatic rings. The average Bonchev–Trinajstić information content (AvgIpc) is 2.60. The van der Waals surface area contributed by atoms with E-state index in [2.05, 4.69) is 5.32 Å². The molecule has 0 aromatic carbocycles. The summed E-state index contributed by atoms with van der Waals surface area (Å²) in [7, 11) is 1.76. The van der Waals surface area contributed by atoms with Crippen molar-refractivity contribution >= 4 is 11.8 Å². The lowest BCUT2D eigenvalue weighted by molar-refractivity contribution is -0.138. The van der Waals surface area contributed by atoms with Gasteiger partial charge in [0.2, 0.25) is 11.8 Å². The summed E-state index contributed by atoms with van der Waals surface area (Å²) in [5, 5.41) is 3.07. The van der Waals surface area contributed by atoms with Gasteiger partial charge in [0.15, 0.2) is 0 Å². The van der Waals surface area contributed by atoms with Gasteiger partial charge in [0.05, 0.1) is 0 Å². The molecule has 0 aromatic heterocycles. The molecule has 2 rings (SSSR count). The van der Waals surface area contributed by atoms with E-state index in [-0.39, 0.29) is 17.9 Å². The molecule has 19 heavy (non-hydrogen) atoms. The van der Waals surface area contributed by atoms with Crippen LogP contribution >= 0.6 is 0 Å². The highest BCUT2D eigenvalue weighted by molar-refractivity contribution is 5.87. The van der Waals surface area contributed by atoms with Gasteiger partial charge in [-0.2, -0.15) is 0 Å². The third-order valence-electron chi connectivity index (χ3n) is 4.57. The maximum absolute atomic E-state index is 12.2. The third-order valence-corrected chi connectivity index (χ3v) is 4.57. The molecular formula is C15H26N2O2. The van der Waals surface area contributed by atoms with Crippen LogP contribution in [0.1, 0.15) is 57.8 Å². The van der Waals surface area contributed by atoms with Gasteiger partial charge >= 0.3 is 0 Å². The Balaban J connectivity index is 1.82. The van der Waals surface area contributed by atoms with Gasteiger partial charge in [0, 0.05) is 20.0 Å². The molecule has 1 atom stereocenters. The van der Waals surface area contributed by atoms with E-state index < -0.39 is 0 Å². The first-order valence-corrected chi connectivity index (χ1v) is 7.72. The predicted octanol–water partition coefficient (Wildman–Crippen LogP) is 2.08. The lowest BCUT2D eigenvalue weighted by Gasteiger charge is -2.27. The SMILES string of the molecule is CN1C(=O)CCCCC1C(=O)NCC1CCCCC1. The predicted molar refractivity (Wildman–Crippen MR) is 74.6 cm³/mol. The summed E-state index contributed by atoms with van der Waals surface area (Å²) in [4.78, 5) is 25.7. The molecule has 0 spiro atoms. The largest absolute Gasteiger partial charge is 0.354 e. The number of carbonyl (C=O) groups is 2. The minimum Gasteiger partial charge on any atom is -0.354 e. The molecule has 4 heteroatoms. The zero-order chi connectivity index (χ0) is 13.7. The Bertz CT molecular complexity index is 324. The van der Waals surface area contributed by atoms with Crippen molar-refractivity contribution in [1.29, 1.82) is 0 Å². The molecule has 2 amide bonds. The Kier molecular flexibility index (Phi) is 5.23. The van der Waals surface area contributed by atoms with Crippen LogP contribution in [0.5, 0.6) is 0 Å². The fourth-order valence-electron chi connectivity index (χ4n) is 3.22. The molecule has 2 fully saturated rings. The quantitative estimate of drug-likeness (QED) is 0.850. The molecule has 1 unspecified atom stereocenters. The number of nitrogens with zero attached hydrogens (tertiary/aromatic N) is 1. The van der Waals surface area contributed by atoms with Crippen LogP contribution in [0, 0.1) is 5.92 Å². The van der Waals surface area contributed by atoms with Crippen molar-refractivity contribution < 1.29 is 9.59 Å². The van der Waals surface area contributed by atoms with Gasteiger partial charge in [-0.1, -0.05) is 25.7 Å². The molecule has 4 nitrogen and oxygen atoms in total. The summed E-state index contributed by atoms with van der Waals surface area (Å²) in [6.07, 6.45) is 9.67. The van der Waals surface area contributed by atoms with Gasteiger partial charge in [0.25, 0.3) is 0 Å². The summed E-state index contributed by atoms with van der Waals surface area (Å²) < 4.78 is 0. The number of likely N-dealkylation sites (N-methyl/N-ethyl adjacent to an activating group) is 1. The van der Waals surface area contributed by atoms with E-state index in [1.807, 2.05) is 0 Å². The van der Waals surface area contributed by atoms with Gasteiger partial charge < -0.3 is 10.2 Å². The number of amides is 2. The Hall–Kier alpha value is -1.06. The van der Waals surface area contributed by atoms with E-state index in [1.165, 1.54) is 32.1 Å². The van der Waals surface area contributed by atoms with Crippen molar-refractivity contribution in [3.63, 3.8) is 0 Å². The van der Waals surface area contributed by atoms with E-state index >= 15 is 0 Å². The van der Waals surface area contributed by atoms with Gasteiger partial charge in [-0.3, -0.25) is 9.59 Å². The van der Waals surface area contributed by atoms with Crippen LogP contribution in [0.25, 0.3) is 0 Å². The second-order valence-corrected chi connectivity index (χ2v) is 6.02. The maximum Gasteiger partial charge on any atom is 0.242 e. The maximum atomic E-state index is 12.2. The first kappa shape index (κ1) is 14.4. The van der Waals surface area contributed by atoms with E-state index in [1.54, 1.807) is 11.9 Å². The number of carbonyl (C=O) groups excluding carboxylic acids is 2. The topological polar surface area (TPSA) is 49.4 Å². The molecular weight excluding hydrogens is 240 g/mol. The first-order valence-electron chi connectivity index (χ1n) is 7.72. The molecule has 1 heterocycles. The normalized spacial score (nSPS) is 26.1. The Morgan fingerprint density at radius 3 is 2.58 bits per heavy atom. The highest BCUT2D eigenvalue weighted by Gasteiger charge is 2.28. The molecule has 0 bridgehead atoms. The summed E-state index contributed by atoms with van der Waals surface area (Å²) in [5.41, 5.74) is 0.